The first-order valence-corrected chi connectivity index (χ1v) is 7.73. The number of halogens is 3. The number of hydrogen-bond acceptors (Lipinski definition) is 5. The van der Waals surface area contributed by atoms with Crippen LogP contribution in [-0.2, 0) is 6.18 Å². The maximum Gasteiger partial charge on any atom is 0.416 e. The number of phenols is 1. The van der Waals surface area contributed by atoms with Crippen molar-refractivity contribution in [3.8, 4) is 17.0 Å². The van der Waals surface area contributed by atoms with Gasteiger partial charge in [-0.2, -0.15) is 13.2 Å². The molecular formula is C16H17F3N4O. The molecule has 1 aromatic carbocycles. The minimum Gasteiger partial charge on any atom is -0.507 e. The second-order valence-corrected chi connectivity index (χ2v) is 5.82. The number of piperidine rings is 1. The molecule has 2 aromatic rings. The third-order valence-corrected chi connectivity index (χ3v) is 4.07. The lowest BCUT2D eigenvalue weighted by molar-refractivity contribution is -0.137. The first-order chi connectivity index (χ1) is 11.4. The first-order valence-electron chi connectivity index (χ1n) is 7.73. The van der Waals surface area contributed by atoms with E-state index in [1.165, 1.54) is 12.5 Å². The summed E-state index contributed by atoms with van der Waals surface area (Å²) in [4.78, 5) is 6.45. The number of aromatic hydroxyl groups is 1. The number of aromatic nitrogens is 3. The number of aryl methyl sites for hydroxylation is 1. The zero-order valence-electron chi connectivity index (χ0n) is 13.1. The maximum atomic E-state index is 12.7. The van der Waals surface area contributed by atoms with Crippen LogP contribution in [-0.4, -0.2) is 33.4 Å². The summed E-state index contributed by atoms with van der Waals surface area (Å²) in [6.07, 6.45) is -1.18. The summed E-state index contributed by atoms with van der Waals surface area (Å²) in [6, 6.07) is 2.79. The summed E-state index contributed by atoms with van der Waals surface area (Å²) in [5.41, 5.74) is 0.0700. The Labute approximate surface area is 137 Å². The fourth-order valence-corrected chi connectivity index (χ4v) is 2.78. The van der Waals surface area contributed by atoms with Crippen molar-refractivity contribution in [1.29, 1.82) is 0 Å². The number of hydrogen-bond donors (Lipinski definition) is 1. The molecular weight excluding hydrogens is 321 g/mol. The Hall–Kier alpha value is -2.38. The van der Waals surface area contributed by atoms with Crippen LogP contribution in [0.15, 0.2) is 18.2 Å². The van der Waals surface area contributed by atoms with E-state index < -0.39 is 17.5 Å². The summed E-state index contributed by atoms with van der Waals surface area (Å²) in [6.45, 7) is 3.44. The average molecular weight is 338 g/mol. The van der Waals surface area contributed by atoms with Gasteiger partial charge in [0.25, 0.3) is 0 Å². The van der Waals surface area contributed by atoms with Crippen LogP contribution in [0.3, 0.4) is 0 Å². The van der Waals surface area contributed by atoms with Gasteiger partial charge in [-0.25, -0.2) is 4.98 Å². The summed E-state index contributed by atoms with van der Waals surface area (Å²) in [7, 11) is 0. The third-order valence-electron chi connectivity index (χ3n) is 4.07. The smallest absolute Gasteiger partial charge is 0.416 e. The van der Waals surface area contributed by atoms with Gasteiger partial charge in [0.1, 0.15) is 11.4 Å². The molecule has 128 valence electrons. The first kappa shape index (κ1) is 16.5. The van der Waals surface area contributed by atoms with Gasteiger partial charge in [0.05, 0.1) is 11.3 Å². The van der Waals surface area contributed by atoms with Crippen LogP contribution in [0.25, 0.3) is 11.3 Å². The Kier molecular flexibility index (Phi) is 4.29. The molecule has 0 bridgehead atoms. The molecule has 24 heavy (non-hydrogen) atoms. The second kappa shape index (κ2) is 6.26. The lowest BCUT2D eigenvalue weighted by Gasteiger charge is -2.26. The Morgan fingerprint density at radius 2 is 1.79 bits per heavy atom. The Bertz CT molecular complexity index is 743. The molecule has 0 unspecified atom stereocenters. The van der Waals surface area contributed by atoms with Crippen molar-refractivity contribution in [1.82, 2.24) is 15.2 Å². The molecule has 8 heteroatoms. The van der Waals surface area contributed by atoms with Crippen LogP contribution in [0.2, 0.25) is 0 Å². The van der Waals surface area contributed by atoms with Crippen LogP contribution in [0.1, 0.15) is 30.5 Å². The maximum absolute atomic E-state index is 12.7. The second-order valence-electron chi connectivity index (χ2n) is 5.82. The number of nitrogens with zero attached hydrogens (tertiary/aromatic N) is 4. The van der Waals surface area contributed by atoms with Gasteiger partial charge < -0.3 is 10.0 Å². The molecule has 1 aliphatic rings. The van der Waals surface area contributed by atoms with Crippen molar-refractivity contribution >= 4 is 5.95 Å². The minimum atomic E-state index is -4.51. The zero-order valence-corrected chi connectivity index (χ0v) is 13.1. The highest BCUT2D eigenvalue weighted by molar-refractivity contribution is 5.69. The third kappa shape index (κ3) is 3.27. The normalized spacial score (nSPS) is 15.6. The molecule has 0 amide bonds. The standard InChI is InChI=1S/C16H17F3N4O/c1-10-14(12-6-5-11(9-13(12)24)16(17,18)19)21-22-15(20-10)23-7-3-2-4-8-23/h5-6,9,24H,2-4,7-8H2,1H3. The van der Waals surface area contributed by atoms with Crippen LogP contribution < -0.4 is 4.90 Å². The van der Waals surface area contributed by atoms with E-state index in [1.807, 2.05) is 4.90 Å². The molecule has 1 aliphatic heterocycles. The average Bonchev–Trinajstić information content (AvgIpc) is 2.55. The quantitative estimate of drug-likeness (QED) is 0.907. The van der Waals surface area contributed by atoms with Gasteiger partial charge in [0.2, 0.25) is 5.95 Å². The van der Waals surface area contributed by atoms with E-state index in [2.05, 4.69) is 15.2 Å². The highest BCUT2D eigenvalue weighted by atomic mass is 19.4. The summed E-state index contributed by atoms with van der Waals surface area (Å²) < 4.78 is 38.0. The minimum absolute atomic E-state index is 0.186. The van der Waals surface area contributed by atoms with Crippen molar-refractivity contribution < 1.29 is 18.3 Å². The Morgan fingerprint density at radius 3 is 2.38 bits per heavy atom. The summed E-state index contributed by atoms with van der Waals surface area (Å²) in [5.74, 6) is 0.0251. The highest BCUT2D eigenvalue weighted by Crippen LogP contribution is 2.36. The van der Waals surface area contributed by atoms with Gasteiger partial charge in [-0.1, -0.05) is 0 Å². The van der Waals surface area contributed by atoms with E-state index in [0.29, 0.717) is 17.7 Å². The molecule has 1 fully saturated rings. The number of benzene rings is 1. The number of phenolic OH excluding ortho intramolecular Hbond substituents is 1. The summed E-state index contributed by atoms with van der Waals surface area (Å²) in [5, 5.41) is 18.1. The van der Waals surface area contributed by atoms with Gasteiger partial charge >= 0.3 is 6.18 Å². The van der Waals surface area contributed by atoms with Crippen molar-refractivity contribution in [2.24, 2.45) is 0 Å². The molecule has 3 rings (SSSR count). The molecule has 1 N–H and O–H groups in total. The molecule has 5 nitrogen and oxygen atoms in total. The largest absolute Gasteiger partial charge is 0.507 e. The van der Waals surface area contributed by atoms with Crippen molar-refractivity contribution in [2.75, 3.05) is 18.0 Å². The van der Waals surface area contributed by atoms with Gasteiger partial charge in [0.15, 0.2) is 0 Å². The summed E-state index contributed by atoms with van der Waals surface area (Å²) >= 11 is 0. The predicted molar refractivity (Wildman–Crippen MR) is 82.7 cm³/mol. The molecule has 0 saturated carbocycles. The fraction of sp³-hybridized carbons (Fsp3) is 0.438. The molecule has 0 spiro atoms. The Morgan fingerprint density at radius 1 is 1.08 bits per heavy atom. The molecule has 0 aliphatic carbocycles. The van der Waals surface area contributed by atoms with Gasteiger partial charge in [-0.15, -0.1) is 10.2 Å². The van der Waals surface area contributed by atoms with E-state index in [9.17, 15) is 18.3 Å². The Balaban J connectivity index is 1.92. The van der Waals surface area contributed by atoms with E-state index in [-0.39, 0.29) is 11.3 Å². The molecule has 0 atom stereocenters. The number of rotatable bonds is 2. The van der Waals surface area contributed by atoms with Crippen molar-refractivity contribution in [3.63, 3.8) is 0 Å². The van der Waals surface area contributed by atoms with E-state index in [0.717, 1.165) is 32.0 Å². The van der Waals surface area contributed by atoms with E-state index in [1.54, 1.807) is 6.92 Å². The number of anilines is 1. The zero-order chi connectivity index (χ0) is 17.3. The van der Waals surface area contributed by atoms with Gasteiger partial charge in [-0.05, 0) is 44.4 Å². The van der Waals surface area contributed by atoms with Gasteiger partial charge in [-0.3, -0.25) is 0 Å². The molecule has 1 saturated heterocycles. The van der Waals surface area contributed by atoms with Crippen molar-refractivity contribution in [2.45, 2.75) is 32.4 Å². The number of alkyl halides is 3. The molecule has 0 radical (unpaired) electrons. The van der Waals surface area contributed by atoms with E-state index in [4.69, 9.17) is 0 Å². The molecule has 1 aromatic heterocycles. The lowest BCUT2D eigenvalue weighted by Crippen LogP contribution is -2.31. The van der Waals surface area contributed by atoms with Crippen molar-refractivity contribution in [3.05, 3.63) is 29.5 Å². The van der Waals surface area contributed by atoms with Crippen LogP contribution in [0.5, 0.6) is 5.75 Å². The lowest BCUT2D eigenvalue weighted by atomic mass is 10.1. The van der Waals surface area contributed by atoms with E-state index >= 15 is 0 Å². The predicted octanol–water partition coefficient (Wildman–Crippen LogP) is 3.56. The van der Waals surface area contributed by atoms with Crippen LogP contribution in [0.4, 0.5) is 19.1 Å². The monoisotopic (exact) mass is 338 g/mol. The highest BCUT2D eigenvalue weighted by Gasteiger charge is 2.31. The van der Waals surface area contributed by atoms with Crippen LogP contribution >= 0.6 is 0 Å². The fourth-order valence-electron chi connectivity index (χ4n) is 2.78. The van der Waals surface area contributed by atoms with Crippen LogP contribution in [0, 0.1) is 6.92 Å². The topological polar surface area (TPSA) is 62.1 Å². The van der Waals surface area contributed by atoms with Gasteiger partial charge in [0, 0.05) is 18.7 Å². The molecule has 2 heterocycles. The SMILES string of the molecule is Cc1nc(N2CCCCC2)nnc1-c1ccc(C(F)(F)F)cc1O.